The van der Waals surface area contributed by atoms with Crippen molar-refractivity contribution >= 4 is 22.7 Å². The summed E-state index contributed by atoms with van der Waals surface area (Å²) in [4.78, 5) is 24.9. The van der Waals surface area contributed by atoms with Gasteiger partial charge in [0, 0.05) is 29.7 Å². The fraction of sp³-hybridized carbons (Fsp3) is 0.200. The highest BCUT2D eigenvalue weighted by Crippen LogP contribution is 2.22. The van der Waals surface area contributed by atoms with E-state index < -0.39 is 24.5 Å². The number of benzene rings is 2. The lowest BCUT2D eigenvalue weighted by Gasteiger charge is -2.12. The van der Waals surface area contributed by atoms with Crippen LogP contribution in [0.4, 0.5) is 8.78 Å². The third-order valence-corrected chi connectivity index (χ3v) is 4.13. The van der Waals surface area contributed by atoms with E-state index >= 15 is 0 Å². The molecule has 0 aliphatic rings. The second kappa shape index (κ2) is 7.57. The number of halogens is 2. The maximum absolute atomic E-state index is 12.5. The maximum Gasteiger partial charge on any atom is 0.387 e. The molecule has 1 aromatic heterocycles. The lowest BCUT2D eigenvalue weighted by Crippen LogP contribution is -2.24. The van der Waals surface area contributed by atoms with Crippen LogP contribution in [0.1, 0.15) is 27.6 Å². The number of aromatic nitrogens is 1. The molecule has 0 radical (unpaired) electrons. The predicted molar refractivity (Wildman–Crippen MR) is 95.2 cm³/mol. The molecule has 0 spiro atoms. The summed E-state index contributed by atoms with van der Waals surface area (Å²) >= 11 is 0. The molecule has 27 heavy (non-hydrogen) atoms. The summed E-state index contributed by atoms with van der Waals surface area (Å²) < 4.78 is 35.7. The van der Waals surface area contributed by atoms with Gasteiger partial charge in [0.25, 0.3) is 0 Å². The monoisotopic (exact) mass is 373 g/mol. The van der Waals surface area contributed by atoms with E-state index in [0.717, 1.165) is 10.9 Å². The first-order valence-electron chi connectivity index (χ1n) is 8.21. The summed E-state index contributed by atoms with van der Waals surface area (Å²) in [7, 11) is 1.82. The van der Waals surface area contributed by atoms with Crippen molar-refractivity contribution in [2.75, 3.05) is 0 Å². The Labute approximate surface area is 154 Å². The molecule has 7 heteroatoms. The number of ketones is 1. The van der Waals surface area contributed by atoms with Gasteiger partial charge < -0.3 is 14.0 Å². The van der Waals surface area contributed by atoms with Crippen LogP contribution in [0.25, 0.3) is 10.9 Å². The van der Waals surface area contributed by atoms with Crippen LogP contribution in [-0.4, -0.2) is 29.0 Å². The molecular formula is C20H17F2NO4. The van der Waals surface area contributed by atoms with Gasteiger partial charge in [-0.1, -0.05) is 18.2 Å². The normalized spacial score (nSPS) is 12.2. The van der Waals surface area contributed by atoms with Crippen molar-refractivity contribution < 1.29 is 27.8 Å². The van der Waals surface area contributed by atoms with Gasteiger partial charge in [-0.2, -0.15) is 8.78 Å². The van der Waals surface area contributed by atoms with E-state index in [4.69, 9.17) is 4.74 Å². The molecule has 0 unspecified atom stereocenters. The average Bonchev–Trinajstić information content (AvgIpc) is 2.98. The molecule has 5 nitrogen and oxygen atoms in total. The molecule has 140 valence electrons. The van der Waals surface area contributed by atoms with E-state index in [1.165, 1.54) is 31.2 Å². The van der Waals surface area contributed by atoms with E-state index in [-0.39, 0.29) is 11.3 Å². The van der Waals surface area contributed by atoms with Crippen molar-refractivity contribution in [3.05, 3.63) is 65.9 Å². The van der Waals surface area contributed by atoms with Gasteiger partial charge in [-0.15, -0.1) is 0 Å². The minimum atomic E-state index is -2.94. The van der Waals surface area contributed by atoms with Crippen molar-refractivity contribution in [3.8, 4) is 5.75 Å². The number of hydrogen-bond acceptors (Lipinski definition) is 4. The van der Waals surface area contributed by atoms with Crippen LogP contribution >= 0.6 is 0 Å². The van der Waals surface area contributed by atoms with Gasteiger partial charge in [0.05, 0.1) is 5.56 Å². The molecular weight excluding hydrogens is 356 g/mol. The van der Waals surface area contributed by atoms with Crippen LogP contribution in [0.3, 0.4) is 0 Å². The second-order valence-electron chi connectivity index (χ2n) is 5.99. The van der Waals surface area contributed by atoms with E-state index in [2.05, 4.69) is 4.74 Å². The number of esters is 1. The van der Waals surface area contributed by atoms with E-state index in [1.54, 1.807) is 16.8 Å². The Hall–Kier alpha value is -3.22. The first-order chi connectivity index (χ1) is 12.9. The molecule has 3 rings (SSSR count). The maximum atomic E-state index is 12.5. The molecule has 2 aromatic carbocycles. The molecule has 0 saturated heterocycles. The summed E-state index contributed by atoms with van der Waals surface area (Å²) in [5, 5.41) is 0.734. The number of para-hydroxylation sites is 1. The zero-order valence-electron chi connectivity index (χ0n) is 14.7. The molecule has 0 bridgehead atoms. The Bertz CT molecular complexity index is 979. The van der Waals surface area contributed by atoms with Crippen LogP contribution < -0.4 is 4.74 Å². The molecule has 0 aliphatic heterocycles. The summed E-state index contributed by atoms with van der Waals surface area (Å²) in [5.41, 5.74) is 1.47. The van der Waals surface area contributed by atoms with Crippen molar-refractivity contribution in [1.82, 2.24) is 4.57 Å². The topological polar surface area (TPSA) is 57.5 Å². The molecule has 0 N–H and O–H groups in total. The van der Waals surface area contributed by atoms with Crippen molar-refractivity contribution in [1.29, 1.82) is 0 Å². The lowest BCUT2D eigenvalue weighted by molar-refractivity contribution is -0.0498. The standard InChI is InChI=1S/C20H17F2NO4/c1-12(18(24)13-7-9-14(10-8-13)27-20(21)22)26-19(25)16-11-23(2)17-6-4-3-5-15(16)17/h3-12,20H,1-2H3/t12-/m1/s1. The first kappa shape index (κ1) is 18.6. The zero-order valence-corrected chi connectivity index (χ0v) is 14.7. The third-order valence-electron chi connectivity index (χ3n) is 4.13. The van der Waals surface area contributed by atoms with Crippen LogP contribution in [0.5, 0.6) is 5.75 Å². The largest absolute Gasteiger partial charge is 0.451 e. The lowest BCUT2D eigenvalue weighted by atomic mass is 10.1. The Morgan fingerprint density at radius 3 is 2.37 bits per heavy atom. The molecule has 1 heterocycles. The molecule has 0 amide bonds. The Morgan fingerprint density at radius 2 is 1.70 bits per heavy atom. The highest BCUT2D eigenvalue weighted by Gasteiger charge is 2.23. The van der Waals surface area contributed by atoms with Crippen molar-refractivity contribution in [2.45, 2.75) is 19.6 Å². The molecule has 0 fully saturated rings. The Balaban J connectivity index is 1.73. The minimum Gasteiger partial charge on any atom is -0.451 e. The Morgan fingerprint density at radius 1 is 1.04 bits per heavy atom. The summed E-state index contributed by atoms with van der Waals surface area (Å²) in [6.45, 7) is -1.47. The van der Waals surface area contributed by atoms with Crippen LogP contribution in [0, 0.1) is 0 Å². The highest BCUT2D eigenvalue weighted by molar-refractivity contribution is 6.06. The van der Waals surface area contributed by atoms with E-state index in [0.29, 0.717) is 5.56 Å². The van der Waals surface area contributed by atoms with Gasteiger partial charge in [-0.25, -0.2) is 4.79 Å². The van der Waals surface area contributed by atoms with Gasteiger partial charge in [0.15, 0.2) is 6.10 Å². The highest BCUT2D eigenvalue weighted by atomic mass is 19.3. The Kier molecular flexibility index (Phi) is 5.21. The van der Waals surface area contributed by atoms with Crippen molar-refractivity contribution in [3.63, 3.8) is 0 Å². The number of carbonyl (C=O) groups excluding carboxylic acids is 2. The number of Topliss-reactive ketones (excluding diaryl/α,β-unsaturated/α-hetero) is 1. The molecule has 1 atom stereocenters. The first-order valence-corrected chi connectivity index (χ1v) is 8.21. The zero-order chi connectivity index (χ0) is 19.6. The number of alkyl halides is 2. The van der Waals surface area contributed by atoms with Gasteiger partial charge in [0.1, 0.15) is 5.75 Å². The van der Waals surface area contributed by atoms with Crippen LogP contribution in [0.15, 0.2) is 54.7 Å². The summed E-state index contributed by atoms with van der Waals surface area (Å²) in [6, 6.07) is 12.6. The van der Waals surface area contributed by atoms with Gasteiger partial charge >= 0.3 is 12.6 Å². The number of carbonyl (C=O) groups is 2. The fourth-order valence-electron chi connectivity index (χ4n) is 2.82. The fourth-order valence-corrected chi connectivity index (χ4v) is 2.82. The SMILES string of the molecule is C[C@@H](OC(=O)c1cn(C)c2ccccc12)C(=O)c1ccc(OC(F)F)cc1. The quantitative estimate of drug-likeness (QED) is 0.480. The summed E-state index contributed by atoms with van der Waals surface area (Å²) in [6.07, 6.45) is 0.624. The molecule has 0 saturated carbocycles. The van der Waals surface area contributed by atoms with Crippen LogP contribution in [-0.2, 0) is 11.8 Å². The molecule has 3 aromatic rings. The predicted octanol–water partition coefficient (Wildman–Crippen LogP) is 4.21. The van der Waals surface area contributed by atoms with Gasteiger partial charge in [-0.3, -0.25) is 4.79 Å². The van der Waals surface area contributed by atoms with Crippen LogP contribution in [0.2, 0.25) is 0 Å². The number of hydrogen-bond donors (Lipinski definition) is 0. The molecule has 0 aliphatic carbocycles. The smallest absolute Gasteiger partial charge is 0.387 e. The van der Waals surface area contributed by atoms with Gasteiger partial charge in [0.2, 0.25) is 5.78 Å². The van der Waals surface area contributed by atoms with E-state index in [9.17, 15) is 18.4 Å². The minimum absolute atomic E-state index is 0.0537. The number of aryl methyl sites for hydroxylation is 1. The average molecular weight is 373 g/mol. The van der Waals surface area contributed by atoms with Gasteiger partial charge in [-0.05, 0) is 37.3 Å². The number of rotatable bonds is 6. The number of ether oxygens (including phenoxy) is 2. The van der Waals surface area contributed by atoms with E-state index in [1.807, 2.05) is 25.2 Å². The number of nitrogens with zero attached hydrogens (tertiary/aromatic N) is 1. The second-order valence-corrected chi connectivity index (χ2v) is 5.99. The summed E-state index contributed by atoms with van der Waals surface area (Å²) in [5.74, 6) is -1.10. The van der Waals surface area contributed by atoms with Crippen molar-refractivity contribution in [2.24, 2.45) is 7.05 Å². The number of fused-ring (bicyclic) bond motifs is 1. The third kappa shape index (κ3) is 3.97.